The van der Waals surface area contributed by atoms with Crippen molar-refractivity contribution in [2.45, 2.75) is 32.5 Å². The average Bonchev–Trinajstić information content (AvgIpc) is 2.91. The fourth-order valence-corrected chi connectivity index (χ4v) is 3.12. The molecule has 0 bridgehead atoms. The smallest absolute Gasteiger partial charge is 0.328 e. The number of hydrogen-bond donors (Lipinski definition) is 1. The SMILES string of the molecule is Cc1nnc2n1CC(C(=O)O)N(C(=O)Cc1cccc(Cl)c1Cl)C2. The van der Waals surface area contributed by atoms with Crippen LogP contribution in [0.4, 0.5) is 0 Å². The number of aryl methyl sites for hydroxylation is 1. The standard InChI is InChI=1S/C15H14Cl2N4O3/c1-8-18-19-12-7-21(11(15(23)24)6-20(8)12)13(22)5-9-3-2-4-10(16)14(9)17/h2-4,11H,5-7H2,1H3,(H,23,24). The molecule has 9 heteroatoms. The van der Waals surface area contributed by atoms with E-state index >= 15 is 0 Å². The maximum absolute atomic E-state index is 12.7. The highest BCUT2D eigenvalue weighted by Crippen LogP contribution is 2.27. The number of amides is 1. The third-order valence-corrected chi connectivity index (χ3v) is 4.89. The minimum atomic E-state index is -1.07. The van der Waals surface area contributed by atoms with Gasteiger partial charge in [0, 0.05) is 0 Å². The van der Waals surface area contributed by atoms with Crippen molar-refractivity contribution in [2.24, 2.45) is 0 Å². The predicted molar refractivity (Wildman–Crippen MR) is 86.9 cm³/mol. The number of halogens is 2. The molecule has 1 N–H and O–H groups in total. The number of fused-ring (bicyclic) bond motifs is 1. The molecule has 1 unspecified atom stereocenters. The van der Waals surface area contributed by atoms with Gasteiger partial charge in [0.15, 0.2) is 5.82 Å². The Morgan fingerprint density at radius 2 is 2.08 bits per heavy atom. The Balaban J connectivity index is 1.87. The van der Waals surface area contributed by atoms with Crippen molar-refractivity contribution in [1.29, 1.82) is 0 Å². The second-order valence-electron chi connectivity index (χ2n) is 5.54. The highest BCUT2D eigenvalue weighted by molar-refractivity contribution is 6.42. The zero-order valence-corrected chi connectivity index (χ0v) is 14.3. The molecule has 3 rings (SSSR count). The van der Waals surface area contributed by atoms with Crippen LogP contribution in [0.3, 0.4) is 0 Å². The second kappa shape index (κ2) is 6.41. The van der Waals surface area contributed by atoms with E-state index in [4.69, 9.17) is 23.2 Å². The number of carboxylic acid groups (broad SMARTS) is 1. The normalized spacial score (nSPS) is 16.8. The molecular formula is C15H14Cl2N4O3. The summed E-state index contributed by atoms with van der Waals surface area (Å²) in [5.41, 5.74) is 0.557. The van der Waals surface area contributed by atoms with E-state index < -0.39 is 12.0 Å². The van der Waals surface area contributed by atoms with Gasteiger partial charge in [0.25, 0.3) is 0 Å². The Kier molecular flexibility index (Phi) is 4.47. The Morgan fingerprint density at radius 1 is 1.33 bits per heavy atom. The number of aromatic nitrogens is 3. The molecule has 0 radical (unpaired) electrons. The Hall–Kier alpha value is -2.12. The zero-order valence-electron chi connectivity index (χ0n) is 12.7. The van der Waals surface area contributed by atoms with Crippen LogP contribution in [-0.2, 0) is 29.1 Å². The summed E-state index contributed by atoms with van der Waals surface area (Å²) in [6, 6.07) is 4.04. The molecule has 2 heterocycles. The van der Waals surface area contributed by atoms with Gasteiger partial charge in [0.2, 0.25) is 5.91 Å². The van der Waals surface area contributed by atoms with Gasteiger partial charge < -0.3 is 14.6 Å². The van der Waals surface area contributed by atoms with Gasteiger partial charge in [-0.2, -0.15) is 0 Å². The van der Waals surface area contributed by atoms with E-state index in [9.17, 15) is 14.7 Å². The Morgan fingerprint density at radius 3 is 2.79 bits per heavy atom. The average molecular weight is 369 g/mol. The van der Waals surface area contributed by atoms with Gasteiger partial charge in [-0.3, -0.25) is 4.79 Å². The van der Waals surface area contributed by atoms with Gasteiger partial charge in [0.1, 0.15) is 11.9 Å². The van der Waals surface area contributed by atoms with Crippen molar-refractivity contribution >= 4 is 35.1 Å². The van der Waals surface area contributed by atoms with Gasteiger partial charge >= 0.3 is 5.97 Å². The van der Waals surface area contributed by atoms with Gasteiger partial charge in [-0.05, 0) is 18.6 Å². The van der Waals surface area contributed by atoms with Crippen LogP contribution in [0.5, 0.6) is 0 Å². The molecule has 0 aliphatic carbocycles. The van der Waals surface area contributed by atoms with E-state index in [0.717, 1.165) is 0 Å². The fourth-order valence-electron chi connectivity index (χ4n) is 2.74. The molecule has 0 fully saturated rings. The van der Waals surface area contributed by atoms with E-state index in [1.54, 1.807) is 29.7 Å². The molecule has 1 amide bonds. The molecule has 1 aliphatic rings. The maximum Gasteiger partial charge on any atom is 0.328 e. The predicted octanol–water partition coefficient (Wildman–Crippen LogP) is 1.93. The molecule has 1 atom stereocenters. The highest BCUT2D eigenvalue weighted by atomic mass is 35.5. The summed E-state index contributed by atoms with van der Waals surface area (Å²) in [7, 11) is 0. The summed E-state index contributed by atoms with van der Waals surface area (Å²) in [6.07, 6.45) is -0.0315. The van der Waals surface area contributed by atoms with Crippen LogP contribution in [0.25, 0.3) is 0 Å². The number of rotatable bonds is 3. The highest BCUT2D eigenvalue weighted by Gasteiger charge is 2.36. The van der Waals surface area contributed by atoms with Crippen LogP contribution in [0.2, 0.25) is 10.0 Å². The molecule has 0 saturated heterocycles. The summed E-state index contributed by atoms with van der Waals surface area (Å²) >= 11 is 12.1. The van der Waals surface area contributed by atoms with Crippen LogP contribution >= 0.6 is 23.2 Å². The zero-order chi connectivity index (χ0) is 17.4. The first-order valence-electron chi connectivity index (χ1n) is 7.22. The topological polar surface area (TPSA) is 88.3 Å². The van der Waals surface area contributed by atoms with Crippen molar-refractivity contribution in [3.8, 4) is 0 Å². The lowest BCUT2D eigenvalue weighted by Crippen LogP contribution is -2.51. The summed E-state index contributed by atoms with van der Waals surface area (Å²) in [6.45, 7) is 1.96. The summed E-state index contributed by atoms with van der Waals surface area (Å²) in [5.74, 6) is -0.227. The van der Waals surface area contributed by atoms with Gasteiger partial charge in [0.05, 0.1) is 29.6 Å². The molecule has 2 aromatic rings. The number of carbonyl (C=O) groups is 2. The van der Waals surface area contributed by atoms with E-state index in [1.807, 2.05) is 0 Å². The second-order valence-corrected chi connectivity index (χ2v) is 6.32. The number of nitrogens with zero attached hydrogens (tertiary/aromatic N) is 4. The quantitative estimate of drug-likeness (QED) is 0.893. The molecule has 1 aromatic carbocycles. The van der Waals surface area contributed by atoms with Crippen molar-refractivity contribution in [1.82, 2.24) is 19.7 Å². The van der Waals surface area contributed by atoms with E-state index in [-0.39, 0.29) is 25.4 Å². The number of aliphatic carboxylic acids is 1. The first kappa shape index (κ1) is 16.7. The Bertz CT molecular complexity index is 821. The molecular weight excluding hydrogens is 355 g/mol. The molecule has 7 nitrogen and oxygen atoms in total. The van der Waals surface area contributed by atoms with Crippen molar-refractivity contribution in [2.75, 3.05) is 0 Å². The first-order valence-corrected chi connectivity index (χ1v) is 7.98. The molecule has 1 aromatic heterocycles. The van der Waals surface area contributed by atoms with Crippen molar-refractivity contribution in [3.05, 3.63) is 45.5 Å². The lowest BCUT2D eigenvalue weighted by atomic mass is 10.1. The molecule has 0 spiro atoms. The number of carboxylic acids is 1. The van der Waals surface area contributed by atoms with Crippen molar-refractivity contribution < 1.29 is 14.7 Å². The monoisotopic (exact) mass is 368 g/mol. The largest absolute Gasteiger partial charge is 0.480 e. The van der Waals surface area contributed by atoms with Crippen LogP contribution in [0.15, 0.2) is 18.2 Å². The molecule has 0 saturated carbocycles. The summed E-state index contributed by atoms with van der Waals surface area (Å²) in [4.78, 5) is 25.6. The lowest BCUT2D eigenvalue weighted by molar-refractivity contribution is -0.152. The number of benzene rings is 1. The molecule has 24 heavy (non-hydrogen) atoms. The summed E-state index contributed by atoms with van der Waals surface area (Å²) < 4.78 is 1.72. The van der Waals surface area contributed by atoms with Crippen LogP contribution in [-0.4, -0.2) is 42.7 Å². The van der Waals surface area contributed by atoms with Crippen LogP contribution in [0.1, 0.15) is 17.2 Å². The van der Waals surface area contributed by atoms with Crippen LogP contribution in [0, 0.1) is 6.92 Å². The van der Waals surface area contributed by atoms with Gasteiger partial charge in [-0.15, -0.1) is 10.2 Å². The molecule has 1 aliphatic heterocycles. The molecule has 126 valence electrons. The minimum absolute atomic E-state index is 0.0315. The Labute approximate surface area is 147 Å². The third kappa shape index (κ3) is 2.97. The number of hydrogen-bond acceptors (Lipinski definition) is 4. The third-order valence-electron chi connectivity index (χ3n) is 4.03. The van der Waals surface area contributed by atoms with E-state index in [2.05, 4.69) is 10.2 Å². The maximum atomic E-state index is 12.7. The van der Waals surface area contributed by atoms with E-state index in [1.165, 1.54) is 4.90 Å². The number of carbonyl (C=O) groups excluding carboxylic acids is 1. The van der Waals surface area contributed by atoms with Crippen LogP contribution < -0.4 is 0 Å². The van der Waals surface area contributed by atoms with E-state index in [0.29, 0.717) is 27.3 Å². The first-order chi connectivity index (χ1) is 11.4. The minimum Gasteiger partial charge on any atom is -0.480 e. The van der Waals surface area contributed by atoms with Gasteiger partial charge in [-0.25, -0.2) is 4.79 Å². The fraction of sp³-hybridized carbons (Fsp3) is 0.333. The summed E-state index contributed by atoms with van der Waals surface area (Å²) in [5, 5.41) is 18.1. The lowest BCUT2D eigenvalue weighted by Gasteiger charge is -2.33. The van der Waals surface area contributed by atoms with Gasteiger partial charge in [-0.1, -0.05) is 35.3 Å². The van der Waals surface area contributed by atoms with Crippen molar-refractivity contribution in [3.63, 3.8) is 0 Å².